The zero-order valence-corrected chi connectivity index (χ0v) is 13.8. The van der Waals surface area contributed by atoms with Gasteiger partial charge < -0.3 is 0 Å². The molecule has 1 heterocycles. The normalized spacial score (nSPS) is 12.7. The Bertz CT molecular complexity index is 816. The zero-order valence-electron chi connectivity index (χ0n) is 12.2. The van der Waals surface area contributed by atoms with Gasteiger partial charge in [0.25, 0.3) is 0 Å². The van der Waals surface area contributed by atoms with Crippen LogP contribution in [0.2, 0.25) is 5.02 Å². The van der Waals surface area contributed by atoms with Gasteiger partial charge in [0.2, 0.25) is 0 Å². The Hall–Kier alpha value is -1.60. The molecule has 2 aromatic rings. The van der Waals surface area contributed by atoms with E-state index in [0.717, 1.165) is 12.3 Å². The molecule has 0 amide bonds. The summed E-state index contributed by atoms with van der Waals surface area (Å²) < 4.78 is 63.3. The van der Waals surface area contributed by atoms with E-state index in [2.05, 4.69) is 4.98 Å². The molecule has 0 bridgehead atoms. The number of nitrogens with zero attached hydrogens (tertiary/aromatic N) is 1. The van der Waals surface area contributed by atoms with Gasteiger partial charge >= 0.3 is 6.18 Å². The SMILES string of the molecule is CC(C)S(=O)(=O)c1ccc(-c2c(Cl)cccc2C(F)(F)F)cn1. The summed E-state index contributed by atoms with van der Waals surface area (Å²) >= 11 is 5.90. The monoisotopic (exact) mass is 363 g/mol. The molecule has 0 radical (unpaired) electrons. The van der Waals surface area contributed by atoms with Crippen LogP contribution in [-0.4, -0.2) is 18.7 Å². The smallest absolute Gasteiger partial charge is 0.244 e. The van der Waals surface area contributed by atoms with E-state index in [-0.39, 0.29) is 21.2 Å². The molecule has 0 spiro atoms. The number of aromatic nitrogens is 1. The Balaban J connectivity index is 2.58. The molecule has 23 heavy (non-hydrogen) atoms. The quantitative estimate of drug-likeness (QED) is 0.800. The van der Waals surface area contributed by atoms with Crippen molar-refractivity contribution in [3.8, 4) is 11.1 Å². The highest BCUT2D eigenvalue weighted by Crippen LogP contribution is 2.40. The van der Waals surface area contributed by atoms with Crippen LogP contribution >= 0.6 is 11.6 Å². The van der Waals surface area contributed by atoms with Gasteiger partial charge in [0, 0.05) is 22.3 Å². The Labute approximate surface area is 137 Å². The highest BCUT2D eigenvalue weighted by Gasteiger charge is 2.34. The molecule has 0 aliphatic rings. The highest BCUT2D eigenvalue weighted by atomic mass is 35.5. The topological polar surface area (TPSA) is 47.0 Å². The van der Waals surface area contributed by atoms with Gasteiger partial charge in [-0.25, -0.2) is 13.4 Å². The summed E-state index contributed by atoms with van der Waals surface area (Å²) in [6.07, 6.45) is -3.49. The number of hydrogen-bond donors (Lipinski definition) is 0. The van der Waals surface area contributed by atoms with Crippen LogP contribution in [0.5, 0.6) is 0 Å². The maximum absolute atomic E-state index is 13.1. The molecule has 8 heteroatoms. The van der Waals surface area contributed by atoms with Crippen molar-refractivity contribution in [2.45, 2.75) is 30.3 Å². The van der Waals surface area contributed by atoms with Crippen LogP contribution in [0, 0.1) is 0 Å². The summed E-state index contributed by atoms with van der Waals surface area (Å²) in [4.78, 5) is 3.80. The fraction of sp³-hybridized carbons (Fsp3) is 0.267. The maximum Gasteiger partial charge on any atom is 0.417 e. The summed E-state index contributed by atoms with van der Waals surface area (Å²) in [7, 11) is -3.59. The van der Waals surface area contributed by atoms with Crippen LogP contribution in [0.4, 0.5) is 13.2 Å². The molecule has 0 fully saturated rings. The number of sulfone groups is 1. The van der Waals surface area contributed by atoms with E-state index in [1.807, 2.05) is 0 Å². The lowest BCUT2D eigenvalue weighted by atomic mass is 10.0. The molecule has 2 rings (SSSR count). The minimum absolute atomic E-state index is 0.0823. The lowest BCUT2D eigenvalue weighted by Crippen LogP contribution is -2.15. The average Bonchev–Trinajstić information content (AvgIpc) is 2.46. The molecule has 0 atom stereocenters. The molecule has 0 N–H and O–H groups in total. The van der Waals surface area contributed by atoms with E-state index < -0.39 is 26.8 Å². The molecular weight excluding hydrogens is 351 g/mol. The van der Waals surface area contributed by atoms with Gasteiger partial charge in [-0.1, -0.05) is 17.7 Å². The first-order chi connectivity index (χ1) is 10.5. The van der Waals surface area contributed by atoms with Crippen molar-refractivity contribution in [2.24, 2.45) is 0 Å². The largest absolute Gasteiger partial charge is 0.417 e. The van der Waals surface area contributed by atoms with Crippen molar-refractivity contribution in [1.82, 2.24) is 4.98 Å². The van der Waals surface area contributed by atoms with Crippen LogP contribution in [0.1, 0.15) is 19.4 Å². The second kappa shape index (κ2) is 6.13. The average molecular weight is 364 g/mol. The molecule has 0 aliphatic carbocycles. The minimum atomic E-state index is -4.58. The molecule has 1 aromatic heterocycles. The number of halogens is 4. The van der Waals surface area contributed by atoms with Crippen LogP contribution in [-0.2, 0) is 16.0 Å². The van der Waals surface area contributed by atoms with Crippen molar-refractivity contribution in [2.75, 3.05) is 0 Å². The number of pyridine rings is 1. The molecule has 0 aliphatic heterocycles. The third kappa shape index (κ3) is 3.50. The van der Waals surface area contributed by atoms with Crippen molar-refractivity contribution in [1.29, 1.82) is 0 Å². The van der Waals surface area contributed by atoms with Gasteiger partial charge in [-0.15, -0.1) is 0 Å². The van der Waals surface area contributed by atoms with Gasteiger partial charge in [-0.2, -0.15) is 13.2 Å². The molecule has 124 valence electrons. The number of rotatable bonds is 3. The summed E-state index contributed by atoms with van der Waals surface area (Å²) in [5, 5.41) is -0.940. The zero-order chi connectivity index (χ0) is 17.4. The maximum atomic E-state index is 13.1. The van der Waals surface area contributed by atoms with Gasteiger partial charge in [-0.05, 0) is 38.1 Å². The van der Waals surface area contributed by atoms with Gasteiger partial charge in [0.15, 0.2) is 14.9 Å². The predicted molar refractivity (Wildman–Crippen MR) is 82.0 cm³/mol. The summed E-state index contributed by atoms with van der Waals surface area (Å²) in [5.41, 5.74) is -1.01. The Kier molecular flexibility index (Phi) is 4.73. The van der Waals surface area contributed by atoms with E-state index in [1.54, 1.807) is 0 Å². The standard InChI is InChI=1S/C15H13ClF3NO2S/c1-9(2)23(21,22)13-7-6-10(8-20-13)14-11(15(17,18)19)4-3-5-12(14)16/h3-9H,1-2H3. The number of alkyl halides is 3. The third-order valence-corrected chi connectivity index (χ3v) is 5.64. The number of hydrogen-bond acceptors (Lipinski definition) is 3. The van der Waals surface area contributed by atoms with Crippen molar-refractivity contribution >= 4 is 21.4 Å². The molecule has 0 saturated heterocycles. The third-order valence-electron chi connectivity index (χ3n) is 3.26. The molecule has 1 aromatic carbocycles. The predicted octanol–water partition coefficient (Wildman–Crippen LogP) is 4.60. The fourth-order valence-electron chi connectivity index (χ4n) is 1.99. The summed E-state index contributed by atoms with van der Waals surface area (Å²) in [5.74, 6) is 0. The molecular formula is C15H13ClF3NO2S. The van der Waals surface area contributed by atoms with Crippen LogP contribution in [0.3, 0.4) is 0 Å². The molecule has 0 saturated carbocycles. The first kappa shape index (κ1) is 17.7. The Morgan fingerprint density at radius 3 is 2.26 bits per heavy atom. The van der Waals surface area contributed by atoms with Crippen molar-refractivity contribution in [3.05, 3.63) is 47.1 Å². The molecule has 0 unspecified atom stereocenters. The second-order valence-electron chi connectivity index (χ2n) is 5.14. The van der Waals surface area contributed by atoms with Crippen LogP contribution < -0.4 is 0 Å². The van der Waals surface area contributed by atoms with Gasteiger partial charge in [0.1, 0.15) is 0 Å². The van der Waals surface area contributed by atoms with Gasteiger partial charge in [0.05, 0.1) is 10.8 Å². The second-order valence-corrected chi connectivity index (χ2v) is 8.00. The fourth-order valence-corrected chi connectivity index (χ4v) is 3.22. The summed E-state index contributed by atoms with van der Waals surface area (Å²) in [6, 6.07) is 5.93. The Morgan fingerprint density at radius 2 is 1.78 bits per heavy atom. The van der Waals surface area contributed by atoms with E-state index >= 15 is 0 Å². The Morgan fingerprint density at radius 1 is 1.13 bits per heavy atom. The van der Waals surface area contributed by atoms with E-state index in [9.17, 15) is 21.6 Å². The van der Waals surface area contributed by atoms with E-state index in [1.165, 1.54) is 38.1 Å². The lowest BCUT2D eigenvalue weighted by molar-refractivity contribution is -0.137. The lowest BCUT2D eigenvalue weighted by Gasteiger charge is -2.14. The van der Waals surface area contributed by atoms with Gasteiger partial charge in [-0.3, -0.25) is 0 Å². The summed E-state index contributed by atoms with van der Waals surface area (Å²) in [6.45, 7) is 3.00. The minimum Gasteiger partial charge on any atom is -0.244 e. The molecule has 3 nitrogen and oxygen atoms in total. The van der Waals surface area contributed by atoms with E-state index in [0.29, 0.717) is 0 Å². The first-order valence-electron chi connectivity index (χ1n) is 6.61. The van der Waals surface area contributed by atoms with Crippen molar-refractivity contribution < 1.29 is 21.6 Å². The number of benzene rings is 1. The van der Waals surface area contributed by atoms with Crippen LogP contribution in [0.25, 0.3) is 11.1 Å². The van der Waals surface area contributed by atoms with Crippen LogP contribution in [0.15, 0.2) is 41.6 Å². The van der Waals surface area contributed by atoms with E-state index in [4.69, 9.17) is 11.6 Å². The highest BCUT2D eigenvalue weighted by molar-refractivity contribution is 7.91. The van der Waals surface area contributed by atoms with Crippen molar-refractivity contribution in [3.63, 3.8) is 0 Å². The first-order valence-corrected chi connectivity index (χ1v) is 8.53.